The van der Waals surface area contributed by atoms with Crippen LogP contribution in [0.2, 0.25) is 0 Å². The number of rotatable bonds is 5. The predicted octanol–water partition coefficient (Wildman–Crippen LogP) is 4.03. The molecule has 0 saturated carbocycles. The molecule has 0 spiro atoms. The molecule has 3 rings (SSSR count). The maximum atomic E-state index is 12.9. The highest BCUT2D eigenvalue weighted by molar-refractivity contribution is 7.89. The van der Waals surface area contributed by atoms with Gasteiger partial charge in [-0.05, 0) is 63.4 Å². The third-order valence-corrected chi connectivity index (χ3v) is 7.57. The molecule has 1 aliphatic rings. The number of piperidine rings is 1. The quantitative estimate of drug-likeness (QED) is 0.568. The molecule has 8 nitrogen and oxygen atoms in total. The third-order valence-electron chi connectivity index (χ3n) is 5.55. The van der Waals surface area contributed by atoms with E-state index in [1.165, 1.54) is 34.6 Å². The molecule has 1 heterocycles. The van der Waals surface area contributed by atoms with Crippen LogP contribution in [0.15, 0.2) is 41.3 Å². The van der Waals surface area contributed by atoms with E-state index in [-0.39, 0.29) is 22.2 Å². The molecule has 0 aromatic heterocycles. The lowest BCUT2D eigenvalue weighted by Gasteiger charge is -2.32. The largest absolute Gasteiger partial charge is 0.321 e. The van der Waals surface area contributed by atoms with Crippen molar-refractivity contribution in [3.8, 4) is 0 Å². The van der Waals surface area contributed by atoms with E-state index in [0.717, 1.165) is 19.3 Å². The van der Waals surface area contributed by atoms with E-state index in [9.17, 15) is 23.3 Å². The number of aryl methyl sites for hydroxylation is 1. The second-order valence-electron chi connectivity index (χ2n) is 7.60. The van der Waals surface area contributed by atoms with E-state index in [4.69, 9.17) is 0 Å². The molecule has 2 aromatic carbocycles. The number of nitro benzene ring substituents is 1. The van der Waals surface area contributed by atoms with Crippen molar-refractivity contribution in [2.24, 2.45) is 0 Å². The van der Waals surface area contributed by atoms with Gasteiger partial charge in [-0.25, -0.2) is 8.42 Å². The number of benzene rings is 2. The van der Waals surface area contributed by atoms with Gasteiger partial charge >= 0.3 is 0 Å². The first kappa shape index (κ1) is 21.9. The molecule has 30 heavy (non-hydrogen) atoms. The van der Waals surface area contributed by atoms with Gasteiger partial charge in [0.2, 0.25) is 10.0 Å². The highest BCUT2D eigenvalue weighted by atomic mass is 32.2. The van der Waals surface area contributed by atoms with Crippen molar-refractivity contribution in [3.63, 3.8) is 0 Å². The van der Waals surface area contributed by atoms with E-state index in [0.29, 0.717) is 23.4 Å². The Labute approximate surface area is 176 Å². The lowest BCUT2D eigenvalue weighted by molar-refractivity contribution is -0.385. The van der Waals surface area contributed by atoms with Crippen LogP contribution in [0.5, 0.6) is 0 Å². The topological polar surface area (TPSA) is 110 Å². The zero-order valence-electron chi connectivity index (χ0n) is 17.2. The molecule has 0 aliphatic carbocycles. The van der Waals surface area contributed by atoms with Gasteiger partial charge in [0.25, 0.3) is 11.6 Å². The number of hydrogen-bond acceptors (Lipinski definition) is 5. The fourth-order valence-corrected chi connectivity index (χ4v) is 5.45. The molecule has 160 valence electrons. The van der Waals surface area contributed by atoms with Crippen LogP contribution in [0.1, 0.15) is 47.7 Å². The van der Waals surface area contributed by atoms with Gasteiger partial charge in [-0.1, -0.05) is 12.5 Å². The van der Waals surface area contributed by atoms with Crippen LogP contribution < -0.4 is 5.32 Å². The number of nitrogens with zero attached hydrogens (tertiary/aromatic N) is 2. The monoisotopic (exact) mass is 431 g/mol. The number of hydrogen-bond donors (Lipinski definition) is 1. The predicted molar refractivity (Wildman–Crippen MR) is 114 cm³/mol. The minimum absolute atomic E-state index is 0.0495. The van der Waals surface area contributed by atoms with Crippen molar-refractivity contribution in [1.29, 1.82) is 0 Å². The lowest BCUT2D eigenvalue weighted by atomic mass is 10.1. The number of carbonyl (C=O) groups is 1. The average Bonchev–Trinajstić information content (AvgIpc) is 2.71. The summed E-state index contributed by atoms with van der Waals surface area (Å²) in [6, 6.07) is 8.71. The van der Waals surface area contributed by atoms with E-state index in [2.05, 4.69) is 5.32 Å². The van der Waals surface area contributed by atoms with Crippen LogP contribution in [0.25, 0.3) is 0 Å². The molecule has 1 atom stereocenters. The first-order valence-electron chi connectivity index (χ1n) is 9.80. The zero-order valence-corrected chi connectivity index (χ0v) is 18.0. The minimum Gasteiger partial charge on any atom is -0.321 e. The van der Waals surface area contributed by atoms with Gasteiger partial charge in [0.1, 0.15) is 0 Å². The van der Waals surface area contributed by atoms with Gasteiger partial charge in [0, 0.05) is 24.2 Å². The number of carbonyl (C=O) groups excluding carboxylic acids is 1. The van der Waals surface area contributed by atoms with E-state index >= 15 is 0 Å². The SMILES string of the molecule is Cc1ccc([N+](=O)[O-])c(C)c1NC(=O)c1ccc(S(=O)(=O)N2CCCCC2C)cc1. The van der Waals surface area contributed by atoms with Crippen LogP contribution in [-0.2, 0) is 10.0 Å². The lowest BCUT2D eigenvalue weighted by Crippen LogP contribution is -2.41. The van der Waals surface area contributed by atoms with Crippen molar-refractivity contribution in [2.75, 3.05) is 11.9 Å². The van der Waals surface area contributed by atoms with Gasteiger partial charge in [-0.3, -0.25) is 14.9 Å². The van der Waals surface area contributed by atoms with E-state index in [1.807, 2.05) is 6.92 Å². The molecule has 2 aromatic rings. The van der Waals surface area contributed by atoms with Gasteiger partial charge in [0.15, 0.2) is 0 Å². The van der Waals surface area contributed by atoms with Crippen molar-refractivity contribution in [1.82, 2.24) is 4.31 Å². The Hall–Kier alpha value is -2.78. The normalized spacial score (nSPS) is 17.5. The Morgan fingerprint density at radius 2 is 1.80 bits per heavy atom. The van der Waals surface area contributed by atoms with E-state index < -0.39 is 20.9 Å². The van der Waals surface area contributed by atoms with Crippen LogP contribution in [0.3, 0.4) is 0 Å². The number of amides is 1. The van der Waals surface area contributed by atoms with Crippen LogP contribution in [-0.4, -0.2) is 36.1 Å². The van der Waals surface area contributed by atoms with Gasteiger partial charge in [-0.2, -0.15) is 4.31 Å². The zero-order chi connectivity index (χ0) is 22.1. The number of nitro groups is 1. The molecular formula is C21H25N3O5S. The van der Waals surface area contributed by atoms with Gasteiger partial charge in [0.05, 0.1) is 21.1 Å². The van der Waals surface area contributed by atoms with Crippen molar-refractivity contribution in [2.45, 2.75) is 51.0 Å². The molecule has 0 bridgehead atoms. The highest BCUT2D eigenvalue weighted by Crippen LogP contribution is 2.29. The molecular weight excluding hydrogens is 406 g/mol. The Bertz CT molecular complexity index is 1080. The maximum Gasteiger partial charge on any atom is 0.274 e. The summed E-state index contributed by atoms with van der Waals surface area (Å²) < 4.78 is 27.4. The Balaban J connectivity index is 1.83. The molecule has 1 saturated heterocycles. The highest BCUT2D eigenvalue weighted by Gasteiger charge is 2.31. The molecule has 1 fully saturated rings. The summed E-state index contributed by atoms with van der Waals surface area (Å²) >= 11 is 0. The van der Waals surface area contributed by atoms with Crippen molar-refractivity contribution < 1.29 is 18.1 Å². The first-order chi connectivity index (χ1) is 14.1. The molecule has 1 amide bonds. The van der Waals surface area contributed by atoms with Gasteiger partial charge < -0.3 is 5.32 Å². The number of nitrogens with one attached hydrogen (secondary N) is 1. The van der Waals surface area contributed by atoms with Crippen LogP contribution in [0, 0.1) is 24.0 Å². The average molecular weight is 432 g/mol. The summed E-state index contributed by atoms with van der Waals surface area (Å²) in [5, 5.41) is 13.9. The number of sulfonamides is 1. The summed E-state index contributed by atoms with van der Waals surface area (Å²) in [6.45, 7) is 5.73. The van der Waals surface area contributed by atoms with Crippen molar-refractivity contribution in [3.05, 3.63) is 63.2 Å². The van der Waals surface area contributed by atoms with Crippen LogP contribution >= 0.6 is 0 Å². The number of anilines is 1. The fourth-order valence-electron chi connectivity index (χ4n) is 3.75. The first-order valence-corrected chi connectivity index (χ1v) is 11.2. The third kappa shape index (κ3) is 4.22. The van der Waals surface area contributed by atoms with E-state index in [1.54, 1.807) is 19.9 Å². The Kier molecular flexibility index (Phi) is 6.23. The summed E-state index contributed by atoms with van der Waals surface area (Å²) in [7, 11) is -3.61. The summed E-state index contributed by atoms with van der Waals surface area (Å²) in [5.41, 5.74) is 1.64. The smallest absolute Gasteiger partial charge is 0.274 e. The maximum absolute atomic E-state index is 12.9. The summed E-state index contributed by atoms with van der Waals surface area (Å²) in [4.78, 5) is 23.5. The summed E-state index contributed by atoms with van der Waals surface area (Å²) in [6.07, 6.45) is 2.69. The molecule has 1 N–H and O–H groups in total. The Morgan fingerprint density at radius 1 is 1.13 bits per heavy atom. The standard InChI is InChI=1S/C21H25N3O5S/c1-14-7-12-19(24(26)27)16(3)20(14)22-21(25)17-8-10-18(11-9-17)30(28,29)23-13-5-4-6-15(23)2/h7-12,15H,4-6,13H2,1-3H3,(H,22,25). The fraction of sp³-hybridized carbons (Fsp3) is 0.381. The molecule has 1 aliphatic heterocycles. The second kappa shape index (κ2) is 8.53. The molecule has 0 radical (unpaired) electrons. The Morgan fingerprint density at radius 3 is 2.40 bits per heavy atom. The summed E-state index contributed by atoms with van der Waals surface area (Å²) in [5.74, 6) is -0.461. The molecule has 1 unspecified atom stereocenters. The van der Waals surface area contributed by atoms with Crippen LogP contribution in [0.4, 0.5) is 11.4 Å². The molecule has 9 heteroatoms. The minimum atomic E-state index is -3.61. The van der Waals surface area contributed by atoms with Gasteiger partial charge in [-0.15, -0.1) is 0 Å². The van der Waals surface area contributed by atoms with Crippen molar-refractivity contribution >= 4 is 27.3 Å². The second-order valence-corrected chi connectivity index (χ2v) is 9.49.